The summed E-state index contributed by atoms with van der Waals surface area (Å²) in [5.74, 6) is 0.566. The molecule has 0 aromatic rings. The lowest BCUT2D eigenvalue weighted by molar-refractivity contribution is 1.06. The Balaban J connectivity index is 2.86. The van der Waals surface area contributed by atoms with Gasteiger partial charge in [0.1, 0.15) is 5.82 Å². The third-order valence-electron chi connectivity index (χ3n) is 1.31. The van der Waals surface area contributed by atoms with Crippen LogP contribution in [0.4, 0.5) is 11.8 Å². The molecule has 0 atom stereocenters. The van der Waals surface area contributed by atoms with Gasteiger partial charge in [0.2, 0.25) is 5.95 Å². The Labute approximate surface area is 63.4 Å². The average Bonchev–Trinajstić information content (AvgIpc) is 2.48. The number of nitrogen functional groups attached to an aromatic ring is 2. The fourth-order valence-electron chi connectivity index (χ4n) is 0.833. The number of anilines is 2. The van der Waals surface area contributed by atoms with Crippen molar-refractivity contribution in [3.63, 3.8) is 0 Å². The van der Waals surface area contributed by atoms with E-state index in [1.165, 1.54) is 6.20 Å². The van der Waals surface area contributed by atoms with Crippen molar-refractivity contribution in [3.05, 3.63) is 6.20 Å². The predicted octanol–water partition coefficient (Wildman–Crippen LogP) is -0.531. The average molecular weight is 151 g/mol. The van der Waals surface area contributed by atoms with E-state index in [1.807, 2.05) is 0 Å². The van der Waals surface area contributed by atoms with Crippen molar-refractivity contribution in [3.8, 4) is 11.4 Å². The van der Waals surface area contributed by atoms with Crippen LogP contribution >= 0.6 is 0 Å². The summed E-state index contributed by atoms with van der Waals surface area (Å²) in [6.45, 7) is 0. The molecule has 0 aromatic carbocycles. The Morgan fingerprint density at radius 1 is 1.55 bits per heavy atom. The topological polar surface area (TPSA) is 106 Å². The fraction of sp³-hybridized carbons (Fsp3) is 0. The molecule has 2 rings (SSSR count). The van der Waals surface area contributed by atoms with Crippen molar-refractivity contribution in [2.75, 3.05) is 11.5 Å². The van der Waals surface area contributed by atoms with Crippen molar-refractivity contribution < 1.29 is 1.41 Å². The van der Waals surface area contributed by atoms with E-state index in [0.29, 0.717) is 11.4 Å². The highest BCUT2D eigenvalue weighted by atomic mass is 15.2. The maximum atomic E-state index is 7.37. The lowest BCUT2D eigenvalue weighted by atomic mass is 10.3. The second-order valence-electron chi connectivity index (χ2n) is 2.05. The van der Waals surface area contributed by atoms with Crippen LogP contribution in [0.5, 0.6) is 0 Å². The third-order valence-corrected chi connectivity index (χ3v) is 1.31. The smallest absolute Gasteiger partial charge is 0.201 e. The molecule has 2 heterocycles. The summed E-state index contributed by atoms with van der Waals surface area (Å²) in [6.07, 6.45) is 1.45. The molecular formula is C5H6N6. The molecule has 0 radical (unpaired) electrons. The van der Waals surface area contributed by atoms with Gasteiger partial charge in [-0.25, -0.2) is 0 Å². The van der Waals surface area contributed by atoms with Gasteiger partial charge in [0.05, 0.1) is 11.8 Å². The van der Waals surface area contributed by atoms with Gasteiger partial charge in [-0.15, -0.1) is 5.10 Å². The standard InChI is InChI=1S/C5H6N6/c6-3-2-1-8-11-4(2)10-5(7)9-3/h1H,(H5,6,7,8,9,10,11)/i/hD. The van der Waals surface area contributed by atoms with Gasteiger partial charge >= 0.3 is 0 Å². The number of hydrogen-bond acceptors (Lipinski definition) is 5. The second-order valence-corrected chi connectivity index (χ2v) is 2.05. The first-order valence-corrected chi connectivity index (χ1v) is 2.94. The van der Waals surface area contributed by atoms with Crippen molar-refractivity contribution in [1.29, 1.82) is 0 Å². The largest absolute Gasteiger partial charge is 0.383 e. The Morgan fingerprint density at radius 3 is 3.18 bits per heavy atom. The van der Waals surface area contributed by atoms with Crippen LogP contribution in [-0.2, 0) is 0 Å². The van der Waals surface area contributed by atoms with Crippen molar-refractivity contribution in [1.82, 2.24) is 20.2 Å². The van der Waals surface area contributed by atoms with E-state index in [9.17, 15) is 0 Å². The predicted molar refractivity (Wildman–Crippen MR) is 39.6 cm³/mol. The molecule has 2 aliphatic heterocycles. The SMILES string of the molecule is [2H]n1c(N)nc(N)c2cnnc1-2. The van der Waals surface area contributed by atoms with Gasteiger partial charge in [-0.1, -0.05) is 0 Å². The minimum Gasteiger partial charge on any atom is -0.383 e. The van der Waals surface area contributed by atoms with E-state index in [4.69, 9.17) is 12.9 Å². The fourth-order valence-corrected chi connectivity index (χ4v) is 0.833. The molecule has 2 aliphatic rings. The summed E-state index contributed by atoms with van der Waals surface area (Å²) in [7, 11) is 0. The van der Waals surface area contributed by atoms with Gasteiger partial charge in [-0.2, -0.15) is 10.1 Å². The van der Waals surface area contributed by atoms with E-state index in [0.717, 1.165) is 4.98 Å². The van der Waals surface area contributed by atoms with Crippen LogP contribution in [0.1, 0.15) is 0 Å². The normalized spacial score (nSPS) is 11.8. The number of aromatic amines is 1. The number of rotatable bonds is 0. The van der Waals surface area contributed by atoms with Crippen molar-refractivity contribution >= 4 is 11.8 Å². The molecule has 5 N–H and O–H groups in total. The summed E-state index contributed by atoms with van der Waals surface area (Å²) in [5, 5.41) is 7.26. The Hall–Kier alpha value is -1.85. The van der Waals surface area contributed by atoms with E-state index >= 15 is 0 Å². The number of H-pyrrole nitrogens is 1. The number of aromatic nitrogens is 4. The number of nitrogens with one attached hydrogen (secondary N) is 1. The van der Waals surface area contributed by atoms with E-state index in [2.05, 4.69) is 15.2 Å². The summed E-state index contributed by atoms with van der Waals surface area (Å²) in [4.78, 5) is 4.61. The second kappa shape index (κ2) is 1.82. The minimum absolute atomic E-state index is 0.000463. The molecule has 6 heteroatoms. The molecule has 11 heavy (non-hydrogen) atoms. The zero-order chi connectivity index (χ0) is 8.72. The van der Waals surface area contributed by atoms with Gasteiger partial charge in [-0.05, 0) is 0 Å². The molecule has 0 saturated heterocycles. The molecule has 0 unspecified atom stereocenters. The monoisotopic (exact) mass is 151 g/mol. The van der Waals surface area contributed by atoms with Crippen molar-refractivity contribution in [2.24, 2.45) is 0 Å². The van der Waals surface area contributed by atoms with Gasteiger partial charge in [0.25, 0.3) is 0 Å². The maximum Gasteiger partial charge on any atom is 0.201 e. The highest BCUT2D eigenvalue weighted by Gasteiger charge is 2.10. The summed E-state index contributed by atoms with van der Waals surface area (Å²) in [5.41, 5.74) is 11.4. The number of nitrogens with two attached hydrogens (primary N) is 2. The summed E-state index contributed by atoms with van der Waals surface area (Å²) >= 11 is 0. The quantitative estimate of drug-likeness (QED) is 0.469. The molecule has 56 valence electrons. The summed E-state index contributed by atoms with van der Waals surface area (Å²) in [6, 6.07) is 0. The molecule has 0 aromatic heterocycles. The molecular weight excluding hydrogens is 144 g/mol. The van der Waals surface area contributed by atoms with E-state index in [1.54, 1.807) is 0 Å². The molecule has 0 saturated carbocycles. The zero-order valence-electron chi connectivity index (χ0n) is 6.52. The highest BCUT2D eigenvalue weighted by Crippen LogP contribution is 2.21. The molecule has 0 amide bonds. The first-order valence-electron chi connectivity index (χ1n) is 3.39. The van der Waals surface area contributed by atoms with Gasteiger partial charge in [-0.3, -0.25) is 0 Å². The molecule has 0 bridgehead atoms. The Morgan fingerprint density at radius 2 is 2.36 bits per heavy atom. The summed E-state index contributed by atoms with van der Waals surface area (Å²) < 4.78 is 7.37. The first kappa shape index (κ1) is 4.89. The third kappa shape index (κ3) is 0.759. The minimum atomic E-state index is 0.000463. The van der Waals surface area contributed by atoms with Crippen LogP contribution in [0.25, 0.3) is 11.4 Å². The number of hydrogen-bond donors (Lipinski definition) is 3. The Bertz CT molecular complexity index is 395. The first-order chi connectivity index (χ1) is 5.70. The van der Waals surface area contributed by atoms with Crippen LogP contribution in [0.15, 0.2) is 6.20 Å². The molecule has 0 spiro atoms. The van der Waals surface area contributed by atoms with Gasteiger partial charge < -0.3 is 16.4 Å². The van der Waals surface area contributed by atoms with E-state index < -0.39 is 0 Å². The number of nitrogens with zero attached hydrogens (tertiary/aromatic N) is 3. The molecule has 0 fully saturated rings. The maximum absolute atomic E-state index is 7.37. The zero-order valence-corrected chi connectivity index (χ0v) is 5.52. The van der Waals surface area contributed by atoms with Crippen molar-refractivity contribution in [2.45, 2.75) is 0 Å². The van der Waals surface area contributed by atoms with Crippen LogP contribution in [-0.4, -0.2) is 20.2 Å². The van der Waals surface area contributed by atoms with Gasteiger partial charge in [0, 0.05) is 0 Å². The molecule has 0 aliphatic carbocycles. The molecule has 6 nitrogen and oxygen atoms in total. The van der Waals surface area contributed by atoms with Crippen LogP contribution < -0.4 is 11.5 Å². The lowest BCUT2D eigenvalue weighted by Gasteiger charge is -2.00. The van der Waals surface area contributed by atoms with Crippen LogP contribution in [0, 0.1) is 0 Å². The Kier molecular flexibility index (Phi) is 0.807. The number of fused-ring (bicyclic) bond motifs is 1. The van der Waals surface area contributed by atoms with Crippen LogP contribution in [0.2, 0.25) is 1.41 Å². The lowest BCUT2D eigenvalue weighted by Crippen LogP contribution is -2.02. The van der Waals surface area contributed by atoms with E-state index in [-0.39, 0.29) is 11.8 Å². The van der Waals surface area contributed by atoms with Crippen LogP contribution in [0.3, 0.4) is 0 Å². The highest BCUT2D eigenvalue weighted by molar-refractivity contribution is 5.69. The van der Waals surface area contributed by atoms with Gasteiger partial charge in [0.15, 0.2) is 7.24 Å².